The highest BCUT2D eigenvalue weighted by atomic mass is 32.2. The summed E-state index contributed by atoms with van der Waals surface area (Å²) in [7, 11) is -2.38. The Labute approximate surface area is 161 Å². The summed E-state index contributed by atoms with van der Waals surface area (Å²) >= 11 is 0. The Kier molecular flexibility index (Phi) is 4.92. The Morgan fingerprint density at radius 3 is 2.25 bits per heavy atom. The van der Waals surface area contributed by atoms with Crippen LogP contribution in [0, 0.1) is 0 Å². The summed E-state index contributed by atoms with van der Waals surface area (Å²) in [4.78, 5) is 37.1. The second-order valence-corrected chi connectivity index (χ2v) is 7.93. The van der Waals surface area contributed by atoms with E-state index in [9.17, 15) is 22.8 Å². The van der Waals surface area contributed by atoms with Gasteiger partial charge in [-0.3, -0.25) is 14.5 Å². The molecular weight excluding hydrogens is 384 g/mol. The molecule has 4 amide bonds. The van der Waals surface area contributed by atoms with Crippen molar-refractivity contribution in [1.82, 2.24) is 10.2 Å². The molecule has 0 saturated carbocycles. The van der Waals surface area contributed by atoms with Gasteiger partial charge < -0.3 is 10.6 Å². The number of imide groups is 1. The van der Waals surface area contributed by atoms with Gasteiger partial charge in [0.25, 0.3) is 11.8 Å². The third-order valence-electron chi connectivity index (χ3n) is 4.40. The highest BCUT2D eigenvalue weighted by Gasteiger charge is 2.32. The maximum absolute atomic E-state index is 12.2. The molecule has 146 valence electrons. The van der Waals surface area contributed by atoms with Gasteiger partial charge in [-0.2, -0.15) is 0 Å². The first-order valence-corrected chi connectivity index (χ1v) is 9.79. The number of benzene rings is 2. The fourth-order valence-corrected chi connectivity index (χ4v) is 3.35. The molecule has 3 rings (SSSR count). The number of nitrogens with two attached hydrogens (primary N) is 1. The van der Waals surface area contributed by atoms with Crippen molar-refractivity contribution in [3.63, 3.8) is 0 Å². The van der Waals surface area contributed by atoms with Crippen LogP contribution in [0.3, 0.4) is 0 Å². The molecule has 0 aromatic heterocycles. The Balaban J connectivity index is 1.68. The Morgan fingerprint density at radius 2 is 1.64 bits per heavy atom. The second kappa shape index (κ2) is 7.06. The van der Waals surface area contributed by atoms with Crippen molar-refractivity contribution in [2.45, 2.75) is 17.9 Å². The fourth-order valence-electron chi connectivity index (χ4n) is 2.83. The summed E-state index contributed by atoms with van der Waals surface area (Å²) < 4.78 is 22.6. The maximum atomic E-state index is 12.2. The predicted octanol–water partition coefficient (Wildman–Crippen LogP) is 1.44. The van der Waals surface area contributed by atoms with Crippen LogP contribution >= 0.6 is 0 Å². The van der Waals surface area contributed by atoms with Crippen LogP contribution in [-0.2, 0) is 10.0 Å². The first-order chi connectivity index (χ1) is 13.1. The van der Waals surface area contributed by atoms with E-state index >= 15 is 0 Å². The van der Waals surface area contributed by atoms with E-state index < -0.39 is 28.0 Å². The number of nitrogens with zero attached hydrogens (tertiary/aromatic N) is 1. The van der Waals surface area contributed by atoms with E-state index in [1.54, 1.807) is 19.1 Å². The zero-order valence-corrected chi connectivity index (χ0v) is 15.9. The van der Waals surface area contributed by atoms with Crippen molar-refractivity contribution < 1.29 is 22.8 Å². The molecule has 2 aromatic carbocycles. The average Bonchev–Trinajstić information content (AvgIpc) is 2.85. The van der Waals surface area contributed by atoms with E-state index in [1.165, 1.54) is 37.4 Å². The lowest BCUT2D eigenvalue weighted by molar-refractivity contribution is 0.0693. The summed E-state index contributed by atoms with van der Waals surface area (Å²) in [5, 5.41) is 10.4. The van der Waals surface area contributed by atoms with Gasteiger partial charge >= 0.3 is 6.03 Å². The van der Waals surface area contributed by atoms with E-state index in [0.717, 1.165) is 4.90 Å². The Hall–Kier alpha value is -3.24. The van der Waals surface area contributed by atoms with Gasteiger partial charge in [-0.1, -0.05) is 12.1 Å². The number of urea groups is 1. The van der Waals surface area contributed by atoms with Crippen molar-refractivity contribution in [2.75, 3.05) is 12.4 Å². The number of anilines is 1. The predicted molar refractivity (Wildman–Crippen MR) is 101 cm³/mol. The minimum atomic E-state index is -3.78. The molecule has 1 aliphatic heterocycles. The fraction of sp³-hybridized carbons (Fsp3) is 0.167. The molecular formula is C18H18N4O5S. The van der Waals surface area contributed by atoms with E-state index in [1.807, 2.05) is 0 Å². The van der Waals surface area contributed by atoms with Crippen LogP contribution in [0.15, 0.2) is 47.4 Å². The van der Waals surface area contributed by atoms with Crippen molar-refractivity contribution in [2.24, 2.45) is 5.14 Å². The van der Waals surface area contributed by atoms with E-state index in [0.29, 0.717) is 16.8 Å². The normalized spacial score (nSPS) is 14.6. The van der Waals surface area contributed by atoms with Gasteiger partial charge in [0.15, 0.2) is 0 Å². The number of rotatable bonds is 4. The first kappa shape index (κ1) is 19.5. The number of hydrogen-bond acceptors (Lipinski definition) is 5. The van der Waals surface area contributed by atoms with Crippen LogP contribution in [0.4, 0.5) is 10.5 Å². The van der Waals surface area contributed by atoms with E-state index in [-0.39, 0.29) is 16.4 Å². The standard InChI is InChI=1S/C18H18N4O5S/c1-10(11-3-6-13(7-4-11)28(19,26)27)20-18(25)21-12-5-8-14-15(9-12)17(24)22(2)16(14)23/h3-10H,1-2H3,(H2,19,26,27)(H2,20,21,25)/t10-/m0/s1. The molecule has 28 heavy (non-hydrogen) atoms. The van der Waals surface area contributed by atoms with Gasteiger partial charge in [-0.25, -0.2) is 18.4 Å². The number of fused-ring (bicyclic) bond motifs is 1. The Morgan fingerprint density at radius 1 is 1.04 bits per heavy atom. The molecule has 0 bridgehead atoms. The molecule has 4 N–H and O–H groups in total. The molecule has 0 fully saturated rings. The highest BCUT2D eigenvalue weighted by Crippen LogP contribution is 2.25. The lowest BCUT2D eigenvalue weighted by Gasteiger charge is -2.15. The molecule has 1 heterocycles. The van der Waals surface area contributed by atoms with Crippen LogP contribution in [-0.4, -0.2) is 38.2 Å². The topological polar surface area (TPSA) is 139 Å². The van der Waals surface area contributed by atoms with Gasteiger partial charge in [0, 0.05) is 12.7 Å². The number of primary sulfonamides is 1. The summed E-state index contributed by atoms with van der Waals surface area (Å²) in [5.41, 5.74) is 1.57. The molecule has 9 nitrogen and oxygen atoms in total. The van der Waals surface area contributed by atoms with Crippen molar-refractivity contribution in [1.29, 1.82) is 0 Å². The number of hydrogen-bond donors (Lipinski definition) is 3. The quantitative estimate of drug-likeness (QED) is 0.664. The monoisotopic (exact) mass is 402 g/mol. The van der Waals surface area contributed by atoms with Crippen LogP contribution < -0.4 is 15.8 Å². The number of carbonyl (C=O) groups excluding carboxylic acids is 3. The van der Waals surface area contributed by atoms with Crippen LogP contribution in [0.25, 0.3) is 0 Å². The van der Waals surface area contributed by atoms with Gasteiger partial charge in [0.1, 0.15) is 0 Å². The molecule has 0 unspecified atom stereocenters. The third-order valence-corrected chi connectivity index (χ3v) is 5.33. The Bertz CT molecular complexity index is 1080. The molecule has 2 aromatic rings. The maximum Gasteiger partial charge on any atom is 0.319 e. The lowest BCUT2D eigenvalue weighted by Crippen LogP contribution is -2.31. The third kappa shape index (κ3) is 3.73. The molecule has 1 aliphatic rings. The highest BCUT2D eigenvalue weighted by molar-refractivity contribution is 7.89. The summed E-state index contributed by atoms with van der Waals surface area (Å²) in [6.07, 6.45) is 0. The summed E-state index contributed by atoms with van der Waals surface area (Å²) in [6.45, 7) is 1.73. The number of sulfonamides is 1. The first-order valence-electron chi connectivity index (χ1n) is 8.24. The lowest BCUT2D eigenvalue weighted by atomic mass is 10.1. The van der Waals surface area contributed by atoms with Crippen molar-refractivity contribution in [3.8, 4) is 0 Å². The van der Waals surface area contributed by atoms with Gasteiger partial charge in [0.2, 0.25) is 10.0 Å². The second-order valence-electron chi connectivity index (χ2n) is 6.36. The molecule has 0 spiro atoms. The molecule has 10 heteroatoms. The summed E-state index contributed by atoms with van der Waals surface area (Å²) in [6, 6.07) is 9.37. The minimum Gasteiger partial charge on any atom is -0.331 e. The zero-order valence-electron chi connectivity index (χ0n) is 15.1. The number of amides is 4. The SMILES string of the molecule is C[C@H](NC(=O)Nc1ccc2c(c1)C(=O)N(C)C2=O)c1ccc(S(N)(=O)=O)cc1. The van der Waals surface area contributed by atoms with Gasteiger partial charge in [-0.15, -0.1) is 0 Å². The van der Waals surface area contributed by atoms with Crippen LogP contribution in [0.1, 0.15) is 39.2 Å². The molecule has 0 radical (unpaired) electrons. The molecule has 1 atom stereocenters. The van der Waals surface area contributed by atoms with Gasteiger partial charge in [-0.05, 0) is 42.8 Å². The van der Waals surface area contributed by atoms with Crippen LogP contribution in [0.2, 0.25) is 0 Å². The largest absolute Gasteiger partial charge is 0.331 e. The van der Waals surface area contributed by atoms with E-state index in [4.69, 9.17) is 5.14 Å². The van der Waals surface area contributed by atoms with Crippen molar-refractivity contribution >= 4 is 33.6 Å². The summed E-state index contributed by atoms with van der Waals surface area (Å²) in [5.74, 6) is -0.806. The van der Waals surface area contributed by atoms with Crippen LogP contribution in [0.5, 0.6) is 0 Å². The zero-order chi connectivity index (χ0) is 20.6. The molecule has 0 aliphatic carbocycles. The average molecular weight is 402 g/mol. The smallest absolute Gasteiger partial charge is 0.319 e. The molecule has 0 saturated heterocycles. The van der Waals surface area contributed by atoms with E-state index in [2.05, 4.69) is 10.6 Å². The number of carbonyl (C=O) groups is 3. The minimum absolute atomic E-state index is 0.0183. The van der Waals surface area contributed by atoms with Gasteiger partial charge in [0.05, 0.1) is 22.1 Å². The van der Waals surface area contributed by atoms with Crippen molar-refractivity contribution in [3.05, 3.63) is 59.2 Å². The number of nitrogens with one attached hydrogen (secondary N) is 2.